The zero-order valence-electron chi connectivity index (χ0n) is 11.9. The summed E-state index contributed by atoms with van der Waals surface area (Å²) in [4.78, 5) is 28.0. The molecule has 20 heavy (non-hydrogen) atoms. The summed E-state index contributed by atoms with van der Waals surface area (Å²) in [7, 11) is 0. The molecule has 0 saturated heterocycles. The van der Waals surface area contributed by atoms with Gasteiger partial charge in [0.2, 0.25) is 5.89 Å². The molecule has 1 heterocycles. The van der Waals surface area contributed by atoms with Gasteiger partial charge in [0, 0.05) is 25.6 Å². The smallest absolute Gasteiger partial charge is 0.317 e. The van der Waals surface area contributed by atoms with Gasteiger partial charge in [0.05, 0.1) is 6.42 Å². The fourth-order valence-corrected chi connectivity index (χ4v) is 1.63. The SMILES string of the molecule is Cc1noc(CCNC(=O)N(CCC(=O)O)C(C)C)n1. The fourth-order valence-electron chi connectivity index (χ4n) is 1.63. The van der Waals surface area contributed by atoms with Crippen molar-refractivity contribution in [3.8, 4) is 0 Å². The van der Waals surface area contributed by atoms with Crippen molar-refractivity contribution in [2.75, 3.05) is 13.1 Å². The summed E-state index contributed by atoms with van der Waals surface area (Å²) in [6.45, 7) is 5.93. The van der Waals surface area contributed by atoms with Crippen molar-refractivity contribution in [3.05, 3.63) is 11.7 Å². The van der Waals surface area contributed by atoms with Gasteiger partial charge in [-0.3, -0.25) is 4.79 Å². The number of urea groups is 1. The van der Waals surface area contributed by atoms with Crippen molar-refractivity contribution in [2.24, 2.45) is 0 Å². The Morgan fingerprint density at radius 1 is 1.45 bits per heavy atom. The molecule has 0 aliphatic heterocycles. The maximum Gasteiger partial charge on any atom is 0.317 e. The normalized spacial score (nSPS) is 10.6. The molecule has 0 aliphatic carbocycles. The standard InChI is InChI=1S/C12H20N4O4/c1-8(2)16(7-5-11(17)18)12(19)13-6-4-10-14-9(3)15-20-10/h8H,4-7H2,1-3H3,(H,13,19)(H,17,18). The van der Waals surface area contributed by atoms with Crippen molar-refractivity contribution in [1.29, 1.82) is 0 Å². The zero-order valence-corrected chi connectivity index (χ0v) is 11.9. The Labute approximate surface area is 117 Å². The number of hydrogen-bond donors (Lipinski definition) is 2. The van der Waals surface area contributed by atoms with Crippen LogP contribution in [0.5, 0.6) is 0 Å². The average Bonchev–Trinajstić information content (AvgIpc) is 2.74. The van der Waals surface area contributed by atoms with Crippen LogP contribution in [-0.4, -0.2) is 51.3 Å². The molecule has 112 valence electrons. The van der Waals surface area contributed by atoms with Gasteiger partial charge in [0.25, 0.3) is 0 Å². The topological polar surface area (TPSA) is 109 Å². The van der Waals surface area contributed by atoms with E-state index in [-0.39, 0.29) is 25.0 Å². The molecular formula is C12H20N4O4. The number of aryl methyl sites for hydroxylation is 1. The van der Waals surface area contributed by atoms with E-state index >= 15 is 0 Å². The van der Waals surface area contributed by atoms with Gasteiger partial charge in [-0.1, -0.05) is 5.16 Å². The van der Waals surface area contributed by atoms with Crippen molar-refractivity contribution in [2.45, 2.75) is 39.7 Å². The molecule has 0 radical (unpaired) electrons. The van der Waals surface area contributed by atoms with E-state index in [0.29, 0.717) is 24.7 Å². The van der Waals surface area contributed by atoms with E-state index in [4.69, 9.17) is 9.63 Å². The van der Waals surface area contributed by atoms with Crippen molar-refractivity contribution in [1.82, 2.24) is 20.4 Å². The van der Waals surface area contributed by atoms with Crippen LogP contribution in [0.4, 0.5) is 4.79 Å². The van der Waals surface area contributed by atoms with E-state index in [1.165, 1.54) is 4.90 Å². The molecule has 1 aromatic rings. The summed E-state index contributed by atoms with van der Waals surface area (Å²) in [6.07, 6.45) is 0.367. The monoisotopic (exact) mass is 284 g/mol. The number of carbonyl (C=O) groups is 2. The lowest BCUT2D eigenvalue weighted by Crippen LogP contribution is -2.45. The fraction of sp³-hybridized carbons (Fsp3) is 0.667. The van der Waals surface area contributed by atoms with E-state index in [9.17, 15) is 9.59 Å². The van der Waals surface area contributed by atoms with Crippen LogP contribution in [0.15, 0.2) is 4.52 Å². The van der Waals surface area contributed by atoms with Crippen molar-refractivity contribution >= 4 is 12.0 Å². The third-order valence-electron chi connectivity index (χ3n) is 2.64. The number of rotatable bonds is 7. The number of aromatic nitrogens is 2. The number of carboxylic acids is 1. The molecule has 0 bridgehead atoms. The molecule has 1 aromatic heterocycles. The summed E-state index contributed by atoms with van der Waals surface area (Å²) in [5.74, 6) is 0.0887. The molecular weight excluding hydrogens is 264 g/mol. The van der Waals surface area contributed by atoms with Crippen LogP contribution < -0.4 is 5.32 Å². The average molecular weight is 284 g/mol. The third kappa shape index (κ3) is 5.25. The molecule has 0 saturated carbocycles. The number of amides is 2. The highest BCUT2D eigenvalue weighted by molar-refractivity contribution is 5.75. The molecule has 2 amide bonds. The highest BCUT2D eigenvalue weighted by Crippen LogP contribution is 2.01. The summed E-state index contributed by atoms with van der Waals surface area (Å²) in [6, 6.07) is -0.363. The number of hydrogen-bond acceptors (Lipinski definition) is 5. The first-order valence-electron chi connectivity index (χ1n) is 6.45. The lowest BCUT2D eigenvalue weighted by atomic mass is 10.3. The van der Waals surface area contributed by atoms with Gasteiger partial charge < -0.3 is 19.8 Å². The maximum absolute atomic E-state index is 11.9. The lowest BCUT2D eigenvalue weighted by Gasteiger charge is -2.26. The Kier molecular flexibility index (Phi) is 5.95. The highest BCUT2D eigenvalue weighted by Gasteiger charge is 2.17. The Morgan fingerprint density at radius 2 is 2.15 bits per heavy atom. The first-order valence-corrected chi connectivity index (χ1v) is 6.45. The van der Waals surface area contributed by atoms with Crippen molar-refractivity contribution in [3.63, 3.8) is 0 Å². The number of nitrogens with zero attached hydrogens (tertiary/aromatic N) is 3. The molecule has 0 aromatic carbocycles. The van der Waals surface area contributed by atoms with Gasteiger partial charge in [-0.25, -0.2) is 4.79 Å². The minimum absolute atomic E-state index is 0.0694. The number of nitrogens with one attached hydrogen (secondary N) is 1. The van der Waals surface area contributed by atoms with Crippen LogP contribution in [0.25, 0.3) is 0 Å². The van der Waals surface area contributed by atoms with Gasteiger partial charge in [0.1, 0.15) is 0 Å². The number of carboxylic acid groups (broad SMARTS) is 1. The van der Waals surface area contributed by atoms with Gasteiger partial charge in [-0.15, -0.1) is 0 Å². The quantitative estimate of drug-likeness (QED) is 0.767. The van der Waals surface area contributed by atoms with E-state index in [2.05, 4.69) is 15.5 Å². The molecule has 0 spiro atoms. The Bertz CT molecular complexity index is 458. The second-order valence-corrected chi connectivity index (χ2v) is 4.65. The Balaban J connectivity index is 2.39. The van der Waals surface area contributed by atoms with Crippen LogP contribution in [-0.2, 0) is 11.2 Å². The van der Waals surface area contributed by atoms with E-state index in [0.717, 1.165) is 0 Å². The molecule has 1 rings (SSSR count). The van der Waals surface area contributed by atoms with E-state index in [1.54, 1.807) is 6.92 Å². The first-order chi connectivity index (χ1) is 9.40. The van der Waals surface area contributed by atoms with Crippen molar-refractivity contribution < 1.29 is 19.2 Å². The molecule has 0 fully saturated rings. The van der Waals surface area contributed by atoms with Crippen LogP contribution in [0.3, 0.4) is 0 Å². The van der Waals surface area contributed by atoms with E-state index < -0.39 is 5.97 Å². The molecule has 8 nitrogen and oxygen atoms in total. The van der Waals surface area contributed by atoms with Gasteiger partial charge in [-0.2, -0.15) is 4.98 Å². The number of carbonyl (C=O) groups excluding carboxylic acids is 1. The Morgan fingerprint density at radius 3 is 2.65 bits per heavy atom. The maximum atomic E-state index is 11.9. The van der Waals surface area contributed by atoms with Crippen LogP contribution in [0, 0.1) is 6.92 Å². The summed E-state index contributed by atoms with van der Waals surface area (Å²) >= 11 is 0. The molecule has 0 atom stereocenters. The van der Waals surface area contributed by atoms with Crippen LogP contribution in [0.1, 0.15) is 32.0 Å². The van der Waals surface area contributed by atoms with E-state index in [1.807, 2.05) is 13.8 Å². The second-order valence-electron chi connectivity index (χ2n) is 4.65. The van der Waals surface area contributed by atoms with Crippen LogP contribution in [0.2, 0.25) is 0 Å². The molecule has 0 unspecified atom stereocenters. The summed E-state index contributed by atoms with van der Waals surface area (Å²) in [5, 5.41) is 15.0. The minimum atomic E-state index is -0.926. The predicted octanol–water partition coefficient (Wildman–Crippen LogP) is 0.815. The zero-order chi connectivity index (χ0) is 15.1. The minimum Gasteiger partial charge on any atom is -0.481 e. The molecule has 2 N–H and O–H groups in total. The van der Waals surface area contributed by atoms with Gasteiger partial charge in [0.15, 0.2) is 5.82 Å². The summed E-state index contributed by atoms with van der Waals surface area (Å²) < 4.78 is 4.93. The second kappa shape index (κ2) is 7.46. The summed E-state index contributed by atoms with van der Waals surface area (Å²) in [5.41, 5.74) is 0. The van der Waals surface area contributed by atoms with Gasteiger partial charge >= 0.3 is 12.0 Å². The van der Waals surface area contributed by atoms with Crippen LogP contribution >= 0.6 is 0 Å². The Hall–Kier alpha value is -2.12. The molecule has 8 heteroatoms. The molecule has 0 aliphatic rings. The lowest BCUT2D eigenvalue weighted by molar-refractivity contribution is -0.137. The largest absolute Gasteiger partial charge is 0.481 e. The first kappa shape index (κ1) is 15.9. The third-order valence-corrected chi connectivity index (χ3v) is 2.64. The predicted molar refractivity (Wildman–Crippen MR) is 70.2 cm³/mol. The van der Waals surface area contributed by atoms with Gasteiger partial charge in [-0.05, 0) is 20.8 Å². The number of aliphatic carboxylic acids is 1. The highest BCUT2D eigenvalue weighted by atomic mass is 16.5.